The molecule has 0 saturated heterocycles. The van der Waals surface area contributed by atoms with Crippen LogP contribution >= 0.6 is 0 Å². The van der Waals surface area contributed by atoms with Crippen LogP contribution in [0.5, 0.6) is 5.75 Å². The summed E-state index contributed by atoms with van der Waals surface area (Å²) in [5.74, 6) is -0.772. The number of rotatable bonds is 6. The van der Waals surface area contributed by atoms with Crippen molar-refractivity contribution in [1.29, 1.82) is 0 Å². The molecule has 0 aliphatic heterocycles. The average Bonchev–Trinajstić information content (AvgIpc) is 2.37. The number of hydrogen-bond donors (Lipinski definition) is 1. The van der Waals surface area contributed by atoms with Crippen molar-refractivity contribution in [2.45, 2.75) is 25.9 Å². The SMILES string of the molecule is COC(=O)CCc1ccc(OC(C)C(=O)O)cc1. The number of carbonyl (C=O) groups excluding carboxylic acids is 1. The molecule has 0 saturated carbocycles. The van der Waals surface area contributed by atoms with Crippen molar-refractivity contribution in [2.75, 3.05) is 7.11 Å². The maximum absolute atomic E-state index is 11.0. The van der Waals surface area contributed by atoms with Crippen LogP contribution in [0.3, 0.4) is 0 Å². The molecule has 0 bridgehead atoms. The number of hydrogen-bond acceptors (Lipinski definition) is 4. The molecule has 0 aliphatic carbocycles. The molecule has 0 aromatic heterocycles. The van der Waals surface area contributed by atoms with Gasteiger partial charge in [0.2, 0.25) is 0 Å². The first-order valence-electron chi connectivity index (χ1n) is 5.58. The van der Waals surface area contributed by atoms with Crippen LogP contribution in [-0.2, 0) is 20.7 Å². The molecule has 0 radical (unpaired) electrons. The summed E-state index contributed by atoms with van der Waals surface area (Å²) >= 11 is 0. The van der Waals surface area contributed by atoms with Gasteiger partial charge < -0.3 is 14.6 Å². The molecule has 5 heteroatoms. The van der Waals surface area contributed by atoms with Gasteiger partial charge in [-0.25, -0.2) is 4.79 Å². The molecule has 1 aromatic rings. The van der Waals surface area contributed by atoms with Crippen molar-refractivity contribution in [3.8, 4) is 5.75 Å². The molecule has 0 amide bonds. The zero-order chi connectivity index (χ0) is 13.5. The number of carboxylic acid groups (broad SMARTS) is 1. The lowest BCUT2D eigenvalue weighted by molar-refractivity contribution is -0.144. The summed E-state index contributed by atoms with van der Waals surface area (Å²) in [5.41, 5.74) is 0.968. The van der Waals surface area contributed by atoms with Crippen LogP contribution in [0.15, 0.2) is 24.3 Å². The Morgan fingerprint density at radius 2 is 1.89 bits per heavy atom. The standard InChI is InChI=1S/C13H16O5/c1-9(13(15)16)18-11-6-3-10(4-7-11)5-8-12(14)17-2/h3-4,6-7,9H,5,8H2,1-2H3,(H,15,16). The van der Waals surface area contributed by atoms with E-state index in [9.17, 15) is 9.59 Å². The lowest BCUT2D eigenvalue weighted by Crippen LogP contribution is -2.22. The van der Waals surface area contributed by atoms with Gasteiger partial charge >= 0.3 is 11.9 Å². The van der Waals surface area contributed by atoms with Crippen molar-refractivity contribution in [3.63, 3.8) is 0 Å². The number of benzene rings is 1. The predicted octanol–water partition coefficient (Wildman–Crippen LogP) is 1.64. The zero-order valence-electron chi connectivity index (χ0n) is 10.4. The van der Waals surface area contributed by atoms with Crippen LogP contribution in [0.4, 0.5) is 0 Å². The monoisotopic (exact) mass is 252 g/mol. The van der Waals surface area contributed by atoms with E-state index >= 15 is 0 Å². The molecule has 0 fully saturated rings. The van der Waals surface area contributed by atoms with Crippen molar-refractivity contribution in [3.05, 3.63) is 29.8 Å². The Labute approximate surface area is 105 Å². The number of aliphatic carboxylic acids is 1. The third-order valence-electron chi connectivity index (χ3n) is 2.43. The molecular weight excluding hydrogens is 236 g/mol. The van der Waals surface area contributed by atoms with Gasteiger partial charge in [0.25, 0.3) is 0 Å². The Hall–Kier alpha value is -2.04. The summed E-state index contributed by atoms with van der Waals surface area (Å²) in [5, 5.41) is 8.69. The van der Waals surface area contributed by atoms with E-state index in [1.807, 2.05) is 0 Å². The lowest BCUT2D eigenvalue weighted by Gasteiger charge is -2.10. The van der Waals surface area contributed by atoms with Gasteiger partial charge in [0, 0.05) is 6.42 Å². The Balaban J connectivity index is 2.52. The molecule has 0 heterocycles. The minimum Gasteiger partial charge on any atom is -0.479 e. The number of ether oxygens (including phenoxy) is 2. The van der Waals surface area contributed by atoms with Crippen LogP contribution in [-0.4, -0.2) is 30.3 Å². The lowest BCUT2D eigenvalue weighted by atomic mass is 10.1. The van der Waals surface area contributed by atoms with Gasteiger partial charge in [-0.15, -0.1) is 0 Å². The molecule has 1 rings (SSSR count). The van der Waals surface area contributed by atoms with E-state index in [-0.39, 0.29) is 5.97 Å². The van der Waals surface area contributed by atoms with Gasteiger partial charge in [0.15, 0.2) is 6.10 Å². The summed E-state index contributed by atoms with van der Waals surface area (Å²) in [7, 11) is 1.35. The van der Waals surface area contributed by atoms with Crippen molar-refractivity contribution < 1.29 is 24.2 Å². The molecule has 18 heavy (non-hydrogen) atoms. The summed E-state index contributed by atoms with van der Waals surface area (Å²) in [6.07, 6.45) is 0.0230. The highest BCUT2D eigenvalue weighted by molar-refractivity contribution is 5.72. The Morgan fingerprint density at radius 3 is 2.39 bits per heavy atom. The molecule has 0 spiro atoms. The Morgan fingerprint density at radius 1 is 1.28 bits per heavy atom. The molecule has 1 atom stereocenters. The number of methoxy groups -OCH3 is 1. The van der Waals surface area contributed by atoms with E-state index in [2.05, 4.69) is 4.74 Å². The summed E-state index contributed by atoms with van der Waals surface area (Å²) in [4.78, 5) is 21.6. The fourth-order valence-corrected chi connectivity index (χ4v) is 1.34. The topological polar surface area (TPSA) is 72.8 Å². The zero-order valence-corrected chi connectivity index (χ0v) is 10.4. The first kappa shape index (κ1) is 14.0. The first-order valence-corrected chi connectivity index (χ1v) is 5.58. The van der Waals surface area contributed by atoms with Crippen LogP contribution < -0.4 is 4.74 Å². The normalized spacial score (nSPS) is 11.7. The quantitative estimate of drug-likeness (QED) is 0.779. The third kappa shape index (κ3) is 4.45. The molecule has 98 valence electrons. The van der Waals surface area contributed by atoms with Crippen molar-refractivity contribution >= 4 is 11.9 Å². The van der Waals surface area contributed by atoms with E-state index in [0.717, 1.165) is 5.56 Å². The molecular formula is C13H16O5. The van der Waals surface area contributed by atoms with E-state index in [0.29, 0.717) is 18.6 Å². The number of carbonyl (C=O) groups is 2. The summed E-state index contributed by atoms with van der Waals surface area (Å²) in [6.45, 7) is 1.47. The maximum atomic E-state index is 11.0. The molecule has 1 N–H and O–H groups in total. The van der Waals surface area contributed by atoms with Crippen molar-refractivity contribution in [1.82, 2.24) is 0 Å². The van der Waals surface area contributed by atoms with E-state index in [1.54, 1.807) is 24.3 Å². The predicted molar refractivity (Wildman–Crippen MR) is 64.5 cm³/mol. The van der Waals surface area contributed by atoms with Crippen LogP contribution in [0.2, 0.25) is 0 Å². The second-order valence-electron chi connectivity index (χ2n) is 3.82. The third-order valence-corrected chi connectivity index (χ3v) is 2.43. The van der Waals surface area contributed by atoms with Crippen LogP contribution in [0.25, 0.3) is 0 Å². The maximum Gasteiger partial charge on any atom is 0.344 e. The molecule has 5 nitrogen and oxygen atoms in total. The van der Waals surface area contributed by atoms with Gasteiger partial charge in [0.1, 0.15) is 5.75 Å². The Kier molecular flexibility index (Phi) is 5.17. The van der Waals surface area contributed by atoms with Crippen molar-refractivity contribution in [2.24, 2.45) is 0 Å². The second kappa shape index (κ2) is 6.64. The largest absolute Gasteiger partial charge is 0.479 e. The number of esters is 1. The fraction of sp³-hybridized carbons (Fsp3) is 0.385. The summed E-state index contributed by atoms with van der Waals surface area (Å²) < 4.78 is 9.73. The Bertz CT molecular complexity index is 410. The average molecular weight is 252 g/mol. The van der Waals surface area contributed by atoms with Gasteiger partial charge in [-0.1, -0.05) is 12.1 Å². The highest BCUT2D eigenvalue weighted by atomic mass is 16.5. The van der Waals surface area contributed by atoms with Crippen LogP contribution in [0.1, 0.15) is 18.9 Å². The smallest absolute Gasteiger partial charge is 0.344 e. The van der Waals surface area contributed by atoms with Gasteiger partial charge in [-0.2, -0.15) is 0 Å². The highest BCUT2D eigenvalue weighted by Crippen LogP contribution is 2.15. The number of aryl methyl sites for hydroxylation is 1. The summed E-state index contributed by atoms with van der Waals surface area (Å²) in [6, 6.07) is 6.97. The molecule has 0 aliphatic rings. The minimum atomic E-state index is -1.01. The van der Waals surface area contributed by atoms with Gasteiger partial charge in [0.05, 0.1) is 7.11 Å². The van der Waals surface area contributed by atoms with E-state index < -0.39 is 12.1 Å². The highest BCUT2D eigenvalue weighted by Gasteiger charge is 2.12. The molecule has 1 aromatic carbocycles. The first-order chi connectivity index (χ1) is 8.52. The van der Waals surface area contributed by atoms with E-state index in [1.165, 1.54) is 14.0 Å². The van der Waals surface area contributed by atoms with Gasteiger partial charge in [-0.05, 0) is 31.0 Å². The van der Waals surface area contributed by atoms with Gasteiger partial charge in [-0.3, -0.25) is 4.79 Å². The second-order valence-corrected chi connectivity index (χ2v) is 3.82. The number of carboxylic acids is 1. The van der Waals surface area contributed by atoms with Crippen LogP contribution in [0, 0.1) is 0 Å². The fourth-order valence-electron chi connectivity index (χ4n) is 1.34. The molecule has 1 unspecified atom stereocenters. The van der Waals surface area contributed by atoms with E-state index in [4.69, 9.17) is 9.84 Å². The minimum absolute atomic E-state index is 0.255.